The Kier molecular flexibility index (Phi) is 3.86. The van der Waals surface area contributed by atoms with Gasteiger partial charge in [-0.25, -0.2) is 4.39 Å². The number of carbonyl (C=O) groups excluding carboxylic acids is 2. The number of carbonyl (C=O) groups is 2. The minimum Gasteiger partial charge on any atom is -0.353 e. The van der Waals surface area contributed by atoms with Crippen molar-refractivity contribution in [3.8, 4) is 0 Å². The maximum Gasteiger partial charge on any atom is 0.254 e. The third kappa shape index (κ3) is 3.51. The van der Waals surface area contributed by atoms with Crippen molar-refractivity contribution >= 4 is 11.8 Å². The van der Waals surface area contributed by atoms with E-state index < -0.39 is 11.7 Å². The number of nitrogens with one attached hydrogen (secondary N) is 2. The summed E-state index contributed by atoms with van der Waals surface area (Å²) in [6, 6.07) is 1.61. The largest absolute Gasteiger partial charge is 0.353 e. The maximum absolute atomic E-state index is 13.2. The van der Waals surface area contributed by atoms with E-state index in [1.54, 1.807) is 0 Å². The minimum absolute atomic E-state index is 0.0624. The molecule has 0 spiro atoms. The standard InChI is InChI=1S/C12H14FN3O2/c13-10-7-14-5-3-9(10)12(18)15-6-4-11(17)16-8-1-2-8/h3,5,7-8H,1-2,4,6H2,(H,15,18)(H,16,17). The molecule has 1 aromatic heterocycles. The summed E-state index contributed by atoms with van der Waals surface area (Å²) in [5.74, 6) is -1.29. The Balaban J connectivity index is 1.74. The molecule has 0 bridgehead atoms. The minimum atomic E-state index is -0.669. The molecule has 6 heteroatoms. The molecule has 2 N–H and O–H groups in total. The molecule has 5 nitrogen and oxygen atoms in total. The molecule has 2 rings (SSSR count). The van der Waals surface area contributed by atoms with E-state index in [-0.39, 0.29) is 24.4 Å². The lowest BCUT2D eigenvalue weighted by atomic mass is 10.2. The Bertz CT molecular complexity index is 460. The van der Waals surface area contributed by atoms with Crippen molar-refractivity contribution in [3.63, 3.8) is 0 Å². The zero-order valence-corrected chi connectivity index (χ0v) is 9.78. The second-order valence-corrected chi connectivity index (χ2v) is 4.20. The average molecular weight is 251 g/mol. The van der Waals surface area contributed by atoms with Crippen molar-refractivity contribution in [3.05, 3.63) is 29.8 Å². The van der Waals surface area contributed by atoms with Crippen molar-refractivity contribution in [1.29, 1.82) is 0 Å². The number of nitrogens with zero attached hydrogens (tertiary/aromatic N) is 1. The van der Waals surface area contributed by atoms with Crippen LogP contribution in [0.5, 0.6) is 0 Å². The molecular formula is C12H14FN3O2. The molecule has 0 atom stereocenters. The highest BCUT2D eigenvalue weighted by molar-refractivity contribution is 5.94. The smallest absolute Gasteiger partial charge is 0.254 e. The first-order valence-corrected chi connectivity index (χ1v) is 5.84. The predicted molar refractivity (Wildman–Crippen MR) is 62.3 cm³/mol. The molecule has 0 saturated heterocycles. The summed E-state index contributed by atoms with van der Waals surface area (Å²) in [4.78, 5) is 26.5. The fraction of sp³-hybridized carbons (Fsp3) is 0.417. The summed E-state index contributed by atoms with van der Waals surface area (Å²) >= 11 is 0. The summed E-state index contributed by atoms with van der Waals surface area (Å²) in [5.41, 5.74) is -0.0624. The van der Waals surface area contributed by atoms with Crippen molar-refractivity contribution in [2.45, 2.75) is 25.3 Å². The molecule has 0 unspecified atom stereocenters. The second-order valence-electron chi connectivity index (χ2n) is 4.20. The van der Waals surface area contributed by atoms with E-state index in [4.69, 9.17) is 0 Å². The molecule has 1 heterocycles. The first-order chi connectivity index (χ1) is 8.66. The van der Waals surface area contributed by atoms with Crippen LogP contribution in [0.1, 0.15) is 29.6 Å². The second kappa shape index (κ2) is 5.57. The van der Waals surface area contributed by atoms with Gasteiger partial charge in [0.05, 0.1) is 11.8 Å². The molecule has 0 aliphatic heterocycles. The van der Waals surface area contributed by atoms with Crippen LogP contribution in [0.25, 0.3) is 0 Å². The van der Waals surface area contributed by atoms with Crippen molar-refractivity contribution in [1.82, 2.24) is 15.6 Å². The van der Waals surface area contributed by atoms with Crippen molar-refractivity contribution < 1.29 is 14.0 Å². The Morgan fingerprint density at radius 1 is 1.44 bits per heavy atom. The van der Waals surface area contributed by atoms with Crippen LogP contribution in [-0.4, -0.2) is 29.4 Å². The van der Waals surface area contributed by atoms with Gasteiger partial charge >= 0.3 is 0 Å². The molecule has 2 amide bonds. The Morgan fingerprint density at radius 3 is 2.89 bits per heavy atom. The lowest BCUT2D eigenvalue weighted by Gasteiger charge is -2.06. The predicted octanol–water partition coefficient (Wildman–Crippen LogP) is 0.619. The van der Waals surface area contributed by atoms with Crippen LogP contribution in [-0.2, 0) is 4.79 Å². The number of amides is 2. The normalized spacial score (nSPS) is 14.1. The third-order valence-corrected chi connectivity index (χ3v) is 2.60. The molecule has 96 valence electrons. The summed E-state index contributed by atoms with van der Waals surface area (Å²) in [5, 5.41) is 5.30. The Hall–Kier alpha value is -1.98. The van der Waals surface area contributed by atoms with Gasteiger partial charge in [0.1, 0.15) is 0 Å². The molecule has 18 heavy (non-hydrogen) atoms. The third-order valence-electron chi connectivity index (χ3n) is 2.60. The van der Waals surface area contributed by atoms with Crippen LogP contribution in [0.2, 0.25) is 0 Å². The summed E-state index contributed by atoms with van der Waals surface area (Å²) in [7, 11) is 0. The Morgan fingerprint density at radius 2 is 2.22 bits per heavy atom. The number of hydrogen-bond donors (Lipinski definition) is 2. The summed E-state index contributed by atoms with van der Waals surface area (Å²) in [6.07, 6.45) is 4.59. The zero-order valence-electron chi connectivity index (χ0n) is 9.78. The van der Waals surface area contributed by atoms with E-state index in [2.05, 4.69) is 15.6 Å². The van der Waals surface area contributed by atoms with Crippen LogP contribution >= 0.6 is 0 Å². The van der Waals surface area contributed by atoms with Crippen molar-refractivity contribution in [2.75, 3.05) is 6.54 Å². The highest BCUT2D eigenvalue weighted by atomic mass is 19.1. The van der Waals surface area contributed by atoms with E-state index >= 15 is 0 Å². The highest BCUT2D eigenvalue weighted by Gasteiger charge is 2.22. The van der Waals surface area contributed by atoms with Gasteiger partial charge < -0.3 is 10.6 Å². The van der Waals surface area contributed by atoms with E-state index in [1.165, 1.54) is 12.3 Å². The Labute approximate surface area is 104 Å². The lowest BCUT2D eigenvalue weighted by molar-refractivity contribution is -0.121. The molecule has 1 aliphatic rings. The quantitative estimate of drug-likeness (QED) is 0.805. The number of hydrogen-bond acceptors (Lipinski definition) is 3. The van der Waals surface area contributed by atoms with E-state index in [1.807, 2.05) is 0 Å². The molecule has 0 aromatic carbocycles. The van der Waals surface area contributed by atoms with Gasteiger partial charge in [0.25, 0.3) is 5.91 Å². The monoisotopic (exact) mass is 251 g/mol. The first-order valence-electron chi connectivity index (χ1n) is 5.84. The fourth-order valence-corrected chi connectivity index (χ4v) is 1.47. The SMILES string of the molecule is O=C(CCNC(=O)c1ccncc1F)NC1CC1. The van der Waals surface area contributed by atoms with E-state index in [0.29, 0.717) is 6.04 Å². The van der Waals surface area contributed by atoms with Gasteiger partial charge in [0.2, 0.25) is 5.91 Å². The first kappa shape index (κ1) is 12.5. The van der Waals surface area contributed by atoms with Gasteiger partial charge in [-0.05, 0) is 18.9 Å². The van der Waals surface area contributed by atoms with E-state index in [9.17, 15) is 14.0 Å². The van der Waals surface area contributed by atoms with Gasteiger partial charge in [-0.3, -0.25) is 14.6 Å². The lowest BCUT2D eigenvalue weighted by Crippen LogP contribution is -2.32. The van der Waals surface area contributed by atoms with Gasteiger partial charge in [0.15, 0.2) is 5.82 Å². The van der Waals surface area contributed by atoms with Crippen LogP contribution in [0, 0.1) is 5.82 Å². The van der Waals surface area contributed by atoms with Gasteiger partial charge in [0, 0.05) is 25.2 Å². The molecule has 0 radical (unpaired) electrons. The number of pyridine rings is 1. The molecule has 1 aromatic rings. The van der Waals surface area contributed by atoms with E-state index in [0.717, 1.165) is 19.0 Å². The molecule has 1 fully saturated rings. The highest BCUT2D eigenvalue weighted by Crippen LogP contribution is 2.18. The summed E-state index contributed by atoms with van der Waals surface area (Å²) < 4.78 is 13.2. The van der Waals surface area contributed by atoms with Crippen LogP contribution in [0.4, 0.5) is 4.39 Å². The van der Waals surface area contributed by atoms with Gasteiger partial charge in [-0.15, -0.1) is 0 Å². The molecular weight excluding hydrogens is 237 g/mol. The van der Waals surface area contributed by atoms with Crippen molar-refractivity contribution in [2.24, 2.45) is 0 Å². The number of halogens is 1. The maximum atomic E-state index is 13.2. The molecule has 1 saturated carbocycles. The zero-order chi connectivity index (χ0) is 13.0. The topological polar surface area (TPSA) is 71.1 Å². The van der Waals surface area contributed by atoms with Gasteiger partial charge in [-0.1, -0.05) is 0 Å². The average Bonchev–Trinajstić information content (AvgIpc) is 3.13. The molecule has 1 aliphatic carbocycles. The number of rotatable bonds is 5. The van der Waals surface area contributed by atoms with Crippen LogP contribution in [0.3, 0.4) is 0 Å². The summed E-state index contributed by atoms with van der Waals surface area (Å²) in [6.45, 7) is 0.194. The number of aromatic nitrogens is 1. The van der Waals surface area contributed by atoms with Crippen LogP contribution in [0.15, 0.2) is 18.5 Å². The van der Waals surface area contributed by atoms with Crippen LogP contribution < -0.4 is 10.6 Å². The fourth-order valence-electron chi connectivity index (χ4n) is 1.47. The van der Waals surface area contributed by atoms with Gasteiger partial charge in [-0.2, -0.15) is 0 Å².